The van der Waals surface area contributed by atoms with Crippen LogP contribution >= 0.6 is 11.3 Å². The van der Waals surface area contributed by atoms with Crippen LogP contribution in [0.4, 0.5) is 0 Å². The molecule has 72 valence electrons. The van der Waals surface area contributed by atoms with E-state index in [-0.39, 0.29) is 6.04 Å². The minimum atomic E-state index is 0.189. The predicted octanol–water partition coefficient (Wildman–Crippen LogP) is 2.64. The van der Waals surface area contributed by atoms with Gasteiger partial charge in [0, 0.05) is 4.88 Å². The van der Waals surface area contributed by atoms with E-state index in [1.54, 1.807) is 11.3 Å². The molecule has 1 saturated carbocycles. The Bertz CT molecular complexity index is 276. The zero-order valence-corrected chi connectivity index (χ0v) is 8.81. The Morgan fingerprint density at radius 1 is 1.54 bits per heavy atom. The average molecular weight is 196 g/mol. The van der Waals surface area contributed by atoms with Crippen LogP contribution in [-0.2, 0) is 0 Å². The highest BCUT2D eigenvalue weighted by Gasteiger charge is 2.25. The van der Waals surface area contributed by atoms with E-state index in [0.717, 1.165) is 5.69 Å². The van der Waals surface area contributed by atoms with Crippen molar-refractivity contribution >= 4 is 11.3 Å². The van der Waals surface area contributed by atoms with Crippen molar-refractivity contribution in [1.82, 2.24) is 4.98 Å². The molecule has 2 nitrogen and oxygen atoms in total. The quantitative estimate of drug-likeness (QED) is 0.789. The molecule has 1 aliphatic rings. The van der Waals surface area contributed by atoms with Gasteiger partial charge in [0.05, 0.1) is 17.2 Å². The topological polar surface area (TPSA) is 38.9 Å². The van der Waals surface area contributed by atoms with Gasteiger partial charge in [-0.1, -0.05) is 12.8 Å². The first-order chi connectivity index (χ1) is 6.29. The highest BCUT2D eigenvalue weighted by molar-refractivity contribution is 7.09. The van der Waals surface area contributed by atoms with Gasteiger partial charge in [0.25, 0.3) is 0 Å². The lowest BCUT2D eigenvalue weighted by atomic mass is 9.96. The Labute approximate surface area is 83.2 Å². The summed E-state index contributed by atoms with van der Waals surface area (Å²) >= 11 is 1.70. The maximum absolute atomic E-state index is 6.19. The van der Waals surface area contributed by atoms with Gasteiger partial charge in [-0.3, -0.25) is 0 Å². The number of thiazole rings is 1. The smallest absolute Gasteiger partial charge is 0.0798 e. The summed E-state index contributed by atoms with van der Waals surface area (Å²) in [6, 6.07) is 0.189. The second-order valence-corrected chi connectivity index (χ2v) is 4.92. The number of aromatic nitrogens is 1. The number of aryl methyl sites for hydroxylation is 1. The molecule has 0 spiro atoms. The molecule has 0 bridgehead atoms. The van der Waals surface area contributed by atoms with Crippen LogP contribution in [0, 0.1) is 12.8 Å². The van der Waals surface area contributed by atoms with Crippen LogP contribution in [0.1, 0.15) is 42.3 Å². The second-order valence-electron chi connectivity index (χ2n) is 3.86. The van der Waals surface area contributed by atoms with Gasteiger partial charge in [-0.05, 0) is 25.7 Å². The molecule has 1 atom stereocenters. The molecule has 2 rings (SSSR count). The molecule has 13 heavy (non-hydrogen) atoms. The summed E-state index contributed by atoms with van der Waals surface area (Å²) in [5.74, 6) is 0.681. The molecule has 1 fully saturated rings. The highest BCUT2D eigenvalue weighted by atomic mass is 32.1. The molecule has 0 aliphatic heterocycles. The third-order valence-corrected chi connectivity index (χ3v) is 3.78. The van der Waals surface area contributed by atoms with Gasteiger partial charge in [0.2, 0.25) is 0 Å². The Morgan fingerprint density at radius 3 is 2.77 bits per heavy atom. The van der Waals surface area contributed by atoms with Crippen LogP contribution < -0.4 is 5.73 Å². The Balaban J connectivity index is 2.12. The molecule has 1 unspecified atom stereocenters. The summed E-state index contributed by atoms with van der Waals surface area (Å²) in [5.41, 5.74) is 9.23. The molecule has 1 heterocycles. The third kappa shape index (κ3) is 1.76. The van der Waals surface area contributed by atoms with Crippen LogP contribution in [0.25, 0.3) is 0 Å². The molecule has 0 radical (unpaired) electrons. The van der Waals surface area contributed by atoms with Gasteiger partial charge in [0.15, 0.2) is 0 Å². The molecular formula is C10H16N2S. The predicted molar refractivity (Wildman–Crippen MR) is 55.7 cm³/mol. The average Bonchev–Trinajstić information content (AvgIpc) is 2.72. The van der Waals surface area contributed by atoms with Gasteiger partial charge < -0.3 is 5.73 Å². The third-order valence-electron chi connectivity index (χ3n) is 3.01. The molecule has 1 aromatic heterocycles. The lowest BCUT2D eigenvalue weighted by Crippen LogP contribution is -2.20. The largest absolute Gasteiger partial charge is 0.322 e. The molecule has 1 aliphatic carbocycles. The summed E-state index contributed by atoms with van der Waals surface area (Å²) in [6.07, 6.45) is 5.28. The number of nitrogens with two attached hydrogens (primary N) is 1. The van der Waals surface area contributed by atoms with Crippen LogP contribution in [0.5, 0.6) is 0 Å². The van der Waals surface area contributed by atoms with Crippen LogP contribution in [0.2, 0.25) is 0 Å². The Hall–Kier alpha value is -0.410. The fourth-order valence-electron chi connectivity index (χ4n) is 2.17. The molecule has 0 saturated heterocycles. The molecule has 0 amide bonds. The molecule has 0 aromatic carbocycles. The fourth-order valence-corrected chi connectivity index (χ4v) is 2.81. The van der Waals surface area contributed by atoms with Gasteiger partial charge in [-0.2, -0.15) is 0 Å². The van der Waals surface area contributed by atoms with Crippen molar-refractivity contribution < 1.29 is 0 Å². The van der Waals surface area contributed by atoms with Crippen molar-refractivity contribution in [3.05, 3.63) is 16.1 Å². The van der Waals surface area contributed by atoms with E-state index >= 15 is 0 Å². The van der Waals surface area contributed by atoms with Crippen molar-refractivity contribution in [1.29, 1.82) is 0 Å². The van der Waals surface area contributed by atoms with Crippen molar-refractivity contribution in [2.45, 2.75) is 38.6 Å². The summed E-state index contributed by atoms with van der Waals surface area (Å²) in [5, 5.41) is 0. The van der Waals surface area contributed by atoms with Crippen molar-refractivity contribution in [2.75, 3.05) is 0 Å². The van der Waals surface area contributed by atoms with Crippen LogP contribution in [0.3, 0.4) is 0 Å². The lowest BCUT2D eigenvalue weighted by molar-refractivity contribution is 0.437. The van der Waals surface area contributed by atoms with E-state index in [9.17, 15) is 0 Å². The summed E-state index contributed by atoms with van der Waals surface area (Å²) in [4.78, 5) is 5.64. The van der Waals surface area contributed by atoms with Gasteiger partial charge in [0.1, 0.15) is 0 Å². The van der Waals surface area contributed by atoms with E-state index in [1.165, 1.54) is 30.6 Å². The molecule has 3 heteroatoms. The number of rotatable bonds is 2. The van der Waals surface area contributed by atoms with Crippen molar-refractivity contribution in [2.24, 2.45) is 11.7 Å². The minimum absolute atomic E-state index is 0.189. The van der Waals surface area contributed by atoms with Crippen molar-refractivity contribution in [3.63, 3.8) is 0 Å². The molecular weight excluding hydrogens is 180 g/mol. The highest BCUT2D eigenvalue weighted by Crippen LogP contribution is 2.35. The first kappa shape index (κ1) is 9.16. The maximum Gasteiger partial charge on any atom is 0.0798 e. The van der Waals surface area contributed by atoms with Crippen molar-refractivity contribution in [3.8, 4) is 0 Å². The van der Waals surface area contributed by atoms with E-state index in [4.69, 9.17) is 5.73 Å². The van der Waals surface area contributed by atoms with Gasteiger partial charge in [-0.15, -0.1) is 11.3 Å². The molecule has 2 N–H and O–H groups in total. The minimum Gasteiger partial charge on any atom is -0.322 e. The standard InChI is InChI=1S/C10H16N2S/c1-7-10(12-6-13-7)9(11)8-4-2-3-5-8/h6,8-9H,2-5,11H2,1H3. The first-order valence-electron chi connectivity index (χ1n) is 4.94. The first-order valence-corrected chi connectivity index (χ1v) is 5.82. The monoisotopic (exact) mass is 196 g/mol. The lowest BCUT2D eigenvalue weighted by Gasteiger charge is -2.17. The summed E-state index contributed by atoms with van der Waals surface area (Å²) < 4.78 is 0. The van der Waals surface area contributed by atoms with E-state index < -0.39 is 0 Å². The summed E-state index contributed by atoms with van der Waals surface area (Å²) in [6.45, 7) is 2.11. The number of hydrogen-bond donors (Lipinski definition) is 1. The second kappa shape index (κ2) is 3.76. The Morgan fingerprint density at radius 2 is 2.23 bits per heavy atom. The fraction of sp³-hybridized carbons (Fsp3) is 0.700. The van der Waals surface area contributed by atoms with Crippen LogP contribution in [-0.4, -0.2) is 4.98 Å². The van der Waals surface area contributed by atoms with Gasteiger partial charge in [-0.25, -0.2) is 4.98 Å². The normalized spacial score (nSPS) is 20.8. The van der Waals surface area contributed by atoms with Gasteiger partial charge >= 0.3 is 0 Å². The zero-order valence-electron chi connectivity index (χ0n) is 7.99. The summed E-state index contributed by atoms with van der Waals surface area (Å²) in [7, 11) is 0. The van der Waals surface area contributed by atoms with E-state index in [0.29, 0.717) is 5.92 Å². The number of hydrogen-bond acceptors (Lipinski definition) is 3. The van der Waals surface area contributed by atoms with E-state index in [1.807, 2.05) is 5.51 Å². The SMILES string of the molecule is Cc1scnc1C(N)C1CCCC1. The Kier molecular flexibility index (Phi) is 2.65. The maximum atomic E-state index is 6.19. The molecule has 1 aromatic rings. The number of nitrogens with zero attached hydrogens (tertiary/aromatic N) is 1. The van der Waals surface area contributed by atoms with E-state index in [2.05, 4.69) is 11.9 Å². The van der Waals surface area contributed by atoms with Crippen LogP contribution in [0.15, 0.2) is 5.51 Å². The zero-order chi connectivity index (χ0) is 9.26.